The highest BCUT2D eigenvalue weighted by molar-refractivity contribution is 7.88. The van der Waals surface area contributed by atoms with Crippen LogP contribution in [-0.4, -0.2) is 37.3 Å². The van der Waals surface area contributed by atoms with Crippen LogP contribution in [0.4, 0.5) is 5.82 Å². The van der Waals surface area contributed by atoms with Crippen molar-refractivity contribution in [3.05, 3.63) is 58.4 Å². The van der Waals surface area contributed by atoms with Crippen molar-refractivity contribution in [2.75, 3.05) is 18.0 Å². The average molecular weight is 403 g/mol. The molecule has 0 spiro atoms. The maximum Gasteiger partial charge on any atom is 0.266 e. The predicted molar refractivity (Wildman–Crippen MR) is 109 cm³/mol. The lowest BCUT2D eigenvalue weighted by molar-refractivity contribution is 0.452. The Kier molecular flexibility index (Phi) is 5.50. The lowest BCUT2D eigenvalue weighted by Gasteiger charge is -2.33. The van der Waals surface area contributed by atoms with E-state index in [1.807, 2.05) is 30.3 Å². The molecule has 0 radical (unpaired) electrons. The Hall–Kier alpha value is -2.19. The first kappa shape index (κ1) is 19.1. The molecule has 0 unspecified atom stereocenters. The van der Waals surface area contributed by atoms with Gasteiger partial charge in [0.15, 0.2) is 0 Å². The van der Waals surface area contributed by atoms with E-state index in [0.717, 1.165) is 24.2 Å². The smallest absolute Gasteiger partial charge is 0.266 e. The number of nitrogens with one attached hydrogen (secondary N) is 1. The molecule has 1 aromatic carbocycles. The molecule has 0 atom stereocenters. The van der Waals surface area contributed by atoms with Crippen LogP contribution in [0.1, 0.15) is 31.2 Å². The van der Waals surface area contributed by atoms with E-state index in [2.05, 4.69) is 14.7 Å². The van der Waals surface area contributed by atoms with E-state index in [4.69, 9.17) is 0 Å². The zero-order chi connectivity index (χ0) is 19.6. The molecule has 1 saturated carbocycles. The highest BCUT2D eigenvalue weighted by atomic mass is 32.2. The van der Waals surface area contributed by atoms with Crippen LogP contribution in [0, 0.1) is 5.92 Å². The maximum absolute atomic E-state index is 12.4. The fraction of sp³-hybridized carbons (Fsp3) is 0.500. The number of aromatic nitrogens is 2. The summed E-state index contributed by atoms with van der Waals surface area (Å²) in [5, 5.41) is 4.52. The Bertz CT molecular complexity index is 962. The Morgan fingerprint density at radius 2 is 1.71 bits per heavy atom. The summed E-state index contributed by atoms with van der Waals surface area (Å²) in [6.45, 7) is 2.13. The van der Waals surface area contributed by atoms with Gasteiger partial charge in [-0.25, -0.2) is 17.8 Å². The van der Waals surface area contributed by atoms with Gasteiger partial charge < -0.3 is 4.90 Å². The summed E-state index contributed by atoms with van der Waals surface area (Å²) in [5.41, 5.74) is 0.730. The molecule has 0 amide bonds. The number of benzene rings is 1. The Balaban J connectivity index is 1.33. The first-order chi connectivity index (χ1) is 13.5. The van der Waals surface area contributed by atoms with Gasteiger partial charge in [0.25, 0.3) is 5.56 Å². The van der Waals surface area contributed by atoms with E-state index in [1.54, 1.807) is 16.8 Å². The normalized spacial score (nSPS) is 18.4. The summed E-state index contributed by atoms with van der Waals surface area (Å²) < 4.78 is 29.3. The topological polar surface area (TPSA) is 84.3 Å². The number of anilines is 1. The number of piperidine rings is 1. The molecule has 150 valence electrons. The summed E-state index contributed by atoms with van der Waals surface area (Å²) >= 11 is 0. The minimum Gasteiger partial charge on any atom is -0.355 e. The summed E-state index contributed by atoms with van der Waals surface area (Å²) in [6.07, 6.45) is 3.79. The van der Waals surface area contributed by atoms with Crippen molar-refractivity contribution < 1.29 is 8.42 Å². The Morgan fingerprint density at radius 3 is 2.39 bits per heavy atom. The zero-order valence-corrected chi connectivity index (χ0v) is 16.6. The van der Waals surface area contributed by atoms with Crippen LogP contribution in [0.3, 0.4) is 0 Å². The molecular weight excluding hydrogens is 376 g/mol. The van der Waals surface area contributed by atoms with Gasteiger partial charge in [-0.3, -0.25) is 4.79 Å². The summed E-state index contributed by atoms with van der Waals surface area (Å²) in [4.78, 5) is 14.1. The Morgan fingerprint density at radius 1 is 1.00 bits per heavy atom. The minimum absolute atomic E-state index is 0.00172. The van der Waals surface area contributed by atoms with Gasteiger partial charge in [-0.2, -0.15) is 5.10 Å². The SMILES string of the molecule is O=c1ccc(N2CCC(NS(=O)(=O)Cc3ccccc3)CC2)nn1CC1CC1. The lowest BCUT2D eigenvalue weighted by atomic mass is 10.1. The van der Waals surface area contributed by atoms with Crippen molar-refractivity contribution in [3.8, 4) is 0 Å². The van der Waals surface area contributed by atoms with Crippen molar-refractivity contribution >= 4 is 15.8 Å². The van der Waals surface area contributed by atoms with Crippen molar-refractivity contribution in [2.24, 2.45) is 5.92 Å². The molecule has 1 N–H and O–H groups in total. The van der Waals surface area contributed by atoms with Gasteiger partial charge in [0, 0.05) is 31.7 Å². The van der Waals surface area contributed by atoms with Gasteiger partial charge in [-0.05, 0) is 43.2 Å². The average Bonchev–Trinajstić information content (AvgIpc) is 3.48. The van der Waals surface area contributed by atoms with Crippen LogP contribution < -0.4 is 15.2 Å². The molecule has 4 rings (SSSR count). The van der Waals surface area contributed by atoms with E-state index in [0.29, 0.717) is 25.6 Å². The summed E-state index contributed by atoms with van der Waals surface area (Å²) in [7, 11) is -3.36. The molecule has 1 aliphatic carbocycles. The van der Waals surface area contributed by atoms with Crippen LogP contribution in [0.25, 0.3) is 0 Å². The second-order valence-electron chi connectivity index (χ2n) is 7.78. The standard InChI is InChI=1S/C20H26N4O3S/c25-20-9-8-19(21-24(20)14-16-6-7-16)23-12-10-18(11-13-23)22-28(26,27)15-17-4-2-1-3-5-17/h1-5,8-9,16,18,22H,6-7,10-15H2. The number of sulfonamides is 1. The highest BCUT2D eigenvalue weighted by Gasteiger charge is 2.26. The number of hydrogen-bond acceptors (Lipinski definition) is 5. The lowest BCUT2D eigenvalue weighted by Crippen LogP contribution is -2.45. The molecule has 0 bridgehead atoms. The van der Waals surface area contributed by atoms with Crippen LogP contribution in [0.2, 0.25) is 0 Å². The largest absolute Gasteiger partial charge is 0.355 e. The number of nitrogens with zero attached hydrogens (tertiary/aromatic N) is 3. The third-order valence-electron chi connectivity index (χ3n) is 5.35. The van der Waals surface area contributed by atoms with Crippen LogP contribution in [0.15, 0.2) is 47.3 Å². The molecular formula is C20H26N4O3S. The quantitative estimate of drug-likeness (QED) is 0.763. The third kappa shape index (κ3) is 4.99. The number of rotatable bonds is 7. The minimum atomic E-state index is -3.36. The van der Waals surface area contributed by atoms with Crippen molar-refractivity contribution in [1.82, 2.24) is 14.5 Å². The second kappa shape index (κ2) is 8.05. The molecule has 2 heterocycles. The van der Waals surface area contributed by atoms with Gasteiger partial charge in [0.1, 0.15) is 5.82 Å². The van der Waals surface area contributed by atoms with Gasteiger partial charge in [0.2, 0.25) is 10.0 Å². The first-order valence-electron chi connectivity index (χ1n) is 9.85. The maximum atomic E-state index is 12.4. The molecule has 8 heteroatoms. The predicted octanol–water partition coefficient (Wildman–Crippen LogP) is 1.74. The van der Waals surface area contributed by atoms with Crippen molar-refractivity contribution in [2.45, 2.75) is 44.0 Å². The van der Waals surface area contributed by atoms with Crippen molar-refractivity contribution in [1.29, 1.82) is 0 Å². The van der Waals surface area contributed by atoms with Crippen molar-refractivity contribution in [3.63, 3.8) is 0 Å². The van der Waals surface area contributed by atoms with Crippen LogP contribution in [-0.2, 0) is 22.3 Å². The van der Waals surface area contributed by atoms with Gasteiger partial charge in [-0.15, -0.1) is 0 Å². The summed E-state index contributed by atoms with van der Waals surface area (Å²) in [5.74, 6) is 1.39. The van der Waals surface area contributed by atoms with Gasteiger partial charge in [0.05, 0.1) is 5.75 Å². The van der Waals surface area contributed by atoms with Gasteiger partial charge >= 0.3 is 0 Å². The van der Waals surface area contributed by atoms with E-state index >= 15 is 0 Å². The molecule has 2 aromatic rings. The zero-order valence-electron chi connectivity index (χ0n) is 15.8. The number of hydrogen-bond donors (Lipinski definition) is 1. The molecule has 2 fully saturated rings. The molecule has 2 aliphatic rings. The molecule has 1 aromatic heterocycles. The Labute approximate surface area is 165 Å². The fourth-order valence-electron chi connectivity index (χ4n) is 3.60. The fourth-order valence-corrected chi connectivity index (χ4v) is 5.06. The van der Waals surface area contributed by atoms with E-state index < -0.39 is 10.0 Å². The monoisotopic (exact) mass is 402 g/mol. The second-order valence-corrected chi connectivity index (χ2v) is 9.53. The van der Waals surface area contributed by atoms with Crippen LogP contribution >= 0.6 is 0 Å². The van der Waals surface area contributed by atoms with E-state index in [9.17, 15) is 13.2 Å². The third-order valence-corrected chi connectivity index (χ3v) is 6.75. The van der Waals surface area contributed by atoms with E-state index in [1.165, 1.54) is 12.8 Å². The molecule has 1 aliphatic heterocycles. The van der Waals surface area contributed by atoms with Crippen LogP contribution in [0.5, 0.6) is 0 Å². The summed E-state index contributed by atoms with van der Waals surface area (Å²) in [6, 6.07) is 12.5. The first-order valence-corrected chi connectivity index (χ1v) is 11.5. The van der Waals surface area contributed by atoms with E-state index in [-0.39, 0.29) is 17.4 Å². The molecule has 1 saturated heterocycles. The highest BCUT2D eigenvalue weighted by Crippen LogP contribution is 2.30. The molecule has 28 heavy (non-hydrogen) atoms. The molecule has 7 nitrogen and oxygen atoms in total. The van der Waals surface area contributed by atoms with Gasteiger partial charge in [-0.1, -0.05) is 30.3 Å².